The van der Waals surface area contributed by atoms with Crippen LogP contribution in [0, 0.1) is 0 Å². The SMILES string of the molecule is O=C1N[C@@H]2[C@@H](Sc3ccccc3)OC(CO)C(O)[C@@H]2O1. The Balaban J connectivity index is 1.80. The summed E-state index contributed by atoms with van der Waals surface area (Å²) in [6, 6.07) is 9.15. The Labute approximate surface area is 120 Å². The van der Waals surface area contributed by atoms with Gasteiger partial charge in [0.05, 0.1) is 6.61 Å². The van der Waals surface area contributed by atoms with Crippen molar-refractivity contribution in [3.8, 4) is 0 Å². The number of fused-ring (bicyclic) bond motifs is 1. The Hall–Kier alpha value is -1.28. The van der Waals surface area contributed by atoms with E-state index in [1.54, 1.807) is 0 Å². The number of ether oxygens (including phenoxy) is 2. The number of thioether (sulfide) groups is 1. The Morgan fingerprint density at radius 1 is 1.30 bits per heavy atom. The van der Waals surface area contributed by atoms with Crippen LogP contribution in [0.3, 0.4) is 0 Å². The first-order valence-corrected chi connectivity index (χ1v) is 7.20. The Kier molecular flexibility index (Phi) is 3.84. The Morgan fingerprint density at radius 3 is 2.75 bits per heavy atom. The molecule has 0 bridgehead atoms. The smallest absolute Gasteiger partial charge is 0.408 e. The predicted octanol–water partition coefficient (Wildman–Crippen LogP) is 0.334. The number of amides is 1. The second kappa shape index (κ2) is 5.61. The van der Waals surface area contributed by atoms with Gasteiger partial charge in [-0.05, 0) is 12.1 Å². The zero-order valence-corrected chi connectivity index (χ0v) is 11.3. The second-order valence-corrected chi connectivity index (χ2v) is 5.86. The highest BCUT2D eigenvalue weighted by atomic mass is 32.2. The molecule has 2 aliphatic rings. The quantitative estimate of drug-likeness (QED) is 0.745. The monoisotopic (exact) mass is 297 g/mol. The van der Waals surface area contributed by atoms with E-state index in [9.17, 15) is 15.0 Å². The summed E-state index contributed by atoms with van der Waals surface area (Å²) < 4.78 is 10.8. The molecule has 2 heterocycles. The van der Waals surface area contributed by atoms with E-state index >= 15 is 0 Å². The van der Waals surface area contributed by atoms with Gasteiger partial charge in [-0.1, -0.05) is 30.0 Å². The number of alkyl carbamates (subject to hydrolysis) is 1. The zero-order valence-electron chi connectivity index (χ0n) is 10.5. The van der Waals surface area contributed by atoms with Crippen LogP contribution in [0.2, 0.25) is 0 Å². The molecule has 3 rings (SSSR count). The molecule has 2 aliphatic heterocycles. The lowest BCUT2D eigenvalue weighted by Crippen LogP contribution is -2.58. The summed E-state index contributed by atoms with van der Waals surface area (Å²) in [7, 11) is 0. The van der Waals surface area contributed by atoms with Crippen molar-refractivity contribution in [1.82, 2.24) is 5.32 Å². The standard InChI is InChI=1S/C13H15NO5S/c15-6-8-10(16)11-9(14-13(17)19-11)12(18-8)20-7-4-2-1-3-5-7/h1-5,8-12,15-16H,6H2,(H,14,17)/t8?,9-,10?,11+,12+/m0/s1. The predicted molar refractivity (Wildman–Crippen MR) is 71.2 cm³/mol. The molecule has 1 amide bonds. The summed E-state index contributed by atoms with van der Waals surface area (Å²) in [4.78, 5) is 12.4. The maximum atomic E-state index is 11.4. The molecule has 0 saturated carbocycles. The fourth-order valence-corrected chi connectivity index (χ4v) is 3.54. The van der Waals surface area contributed by atoms with E-state index in [4.69, 9.17) is 9.47 Å². The fraction of sp³-hybridized carbons (Fsp3) is 0.462. The maximum absolute atomic E-state index is 11.4. The number of aliphatic hydroxyl groups excluding tert-OH is 2. The Bertz CT molecular complexity index is 485. The molecule has 0 spiro atoms. The van der Waals surface area contributed by atoms with Crippen LogP contribution in [-0.2, 0) is 9.47 Å². The van der Waals surface area contributed by atoms with Crippen molar-refractivity contribution >= 4 is 17.9 Å². The molecule has 1 aromatic rings. The van der Waals surface area contributed by atoms with Crippen molar-refractivity contribution in [2.24, 2.45) is 0 Å². The fourth-order valence-electron chi connectivity index (χ4n) is 2.39. The normalized spacial score (nSPS) is 36.1. The van der Waals surface area contributed by atoms with E-state index in [-0.39, 0.29) is 6.61 Å². The highest BCUT2D eigenvalue weighted by molar-refractivity contribution is 7.99. The average Bonchev–Trinajstić information content (AvgIpc) is 2.85. The molecule has 5 atom stereocenters. The third kappa shape index (κ3) is 2.49. The van der Waals surface area contributed by atoms with Gasteiger partial charge in [0.25, 0.3) is 0 Å². The van der Waals surface area contributed by atoms with Crippen molar-refractivity contribution in [2.75, 3.05) is 6.61 Å². The van der Waals surface area contributed by atoms with Crippen molar-refractivity contribution in [1.29, 1.82) is 0 Å². The van der Waals surface area contributed by atoms with Crippen LogP contribution in [-0.4, -0.2) is 52.7 Å². The molecule has 7 heteroatoms. The first-order valence-electron chi connectivity index (χ1n) is 6.32. The van der Waals surface area contributed by atoms with Crippen molar-refractivity contribution < 1.29 is 24.5 Å². The van der Waals surface area contributed by atoms with Gasteiger partial charge in [-0.15, -0.1) is 0 Å². The van der Waals surface area contributed by atoms with Gasteiger partial charge < -0.3 is 25.0 Å². The number of aliphatic hydroxyl groups is 2. The third-order valence-corrected chi connectivity index (χ3v) is 4.56. The van der Waals surface area contributed by atoms with E-state index in [1.807, 2.05) is 30.3 Å². The van der Waals surface area contributed by atoms with Crippen LogP contribution in [0.25, 0.3) is 0 Å². The number of hydrogen-bond acceptors (Lipinski definition) is 6. The minimum Gasteiger partial charge on any atom is -0.441 e. The summed E-state index contributed by atoms with van der Waals surface area (Å²) in [5.41, 5.74) is -0.422. The molecule has 2 saturated heterocycles. The number of nitrogens with one attached hydrogen (secondary N) is 1. The van der Waals surface area contributed by atoms with Crippen LogP contribution >= 0.6 is 11.8 Å². The summed E-state index contributed by atoms with van der Waals surface area (Å²) >= 11 is 1.42. The molecule has 2 fully saturated rings. The van der Waals surface area contributed by atoms with Gasteiger partial charge in [0.1, 0.15) is 23.7 Å². The minimum absolute atomic E-state index is 0.326. The number of carbonyl (C=O) groups excluding carboxylic acids is 1. The molecule has 0 aliphatic carbocycles. The van der Waals surface area contributed by atoms with Crippen LogP contribution in [0.5, 0.6) is 0 Å². The third-order valence-electron chi connectivity index (χ3n) is 3.38. The van der Waals surface area contributed by atoms with Gasteiger partial charge in [0.2, 0.25) is 0 Å². The molecule has 2 unspecified atom stereocenters. The number of carbonyl (C=O) groups is 1. The number of hydrogen-bond donors (Lipinski definition) is 3. The molecule has 0 aromatic heterocycles. The molecule has 3 N–H and O–H groups in total. The summed E-state index contributed by atoms with van der Waals surface area (Å²) in [6.45, 7) is -0.326. The highest BCUT2D eigenvalue weighted by Crippen LogP contribution is 2.36. The van der Waals surface area contributed by atoms with Crippen molar-refractivity contribution in [2.45, 2.75) is 34.7 Å². The first-order chi connectivity index (χ1) is 9.69. The van der Waals surface area contributed by atoms with E-state index in [2.05, 4.69) is 5.32 Å². The first kappa shape index (κ1) is 13.7. The van der Waals surface area contributed by atoms with Gasteiger partial charge in [-0.3, -0.25) is 0 Å². The van der Waals surface area contributed by atoms with Crippen LogP contribution in [0.1, 0.15) is 0 Å². The lowest BCUT2D eigenvalue weighted by molar-refractivity contribution is -0.154. The highest BCUT2D eigenvalue weighted by Gasteiger charge is 2.51. The van der Waals surface area contributed by atoms with Gasteiger partial charge in [0, 0.05) is 4.90 Å². The average molecular weight is 297 g/mol. The van der Waals surface area contributed by atoms with Gasteiger partial charge >= 0.3 is 6.09 Å². The Morgan fingerprint density at radius 2 is 2.05 bits per heavy atom. The zero-order chi connectivity index (χ0) is 14.1. The largest absolute Gasteiger partial charge is 0.441 e. The summed E-state index contributed by atoms with van der Waals surface area (Å²) in [5.74, 6) is 0. The molecule has 6 nitrogen and oxygen atoms in total. The van der Waals surface area contributed by atoms with E-state index in [1.165, 1.54) is 11.8 Å². The maximum Gasteiger partial charge on any atom is 0.408 e. The van der Waals surface area contributed by atoms with Crippen LogP contribution in [0.4, 0.5) is 4.79 Å². The molecule has 20 heavy (non-hydrogen) atoms. The van der Waals surface area contributed by atoms with Gasteiger partial charge in [-0.2, -0.15) is 0 Å². The minimum atomic E-state index is -1.03. The van der Waals surface area contributed by atoms with Crippen molar-refractivity contribution in [3.63, 3.8) is 0 Å². The van der Waals surface area contributed by atoms with Crippen LogP contribution in [0.15, 0.2) is 35.2 Å². The summed E-state index contributed by atoms with van der Waals surface area (Å²) in [5, 5.41) is 22.0. The lowest BCUT2D eigenvalue weighted by Gasteiger charge is -2.39. The molecule has 1 aromatic carbocycles. The molecular weight excluding hydrogens is 282 g/mol. The van der Waals surface area contributed by atoms with Crippen molar-refractivity contribution in [3.05, 3.63) is 30.3 Å². The lowest BCUT2D eigenvalue weighted by atomic mass is 9.99. The molecule has 108 valence electrons. The second-order valence-electron chi connectivity index (χ2n) is 4.69. The molecule has 0 radical (unpaired) electrons. The van der Waals surface area contributed by atoms with E-state index in [0.717, 1.165) is 4.90 Å². The van der Waals surface area contributed by atoms with E-state index < -0.39 is 35.9 Å². The van der Waals surface area contributed by atoms with Crippen LogP contribution < -0.4 is 5.32 Å². The number of benzene rings is 1. The van der Waals surface area contributed by atoms with Gasteiger partial charge in [-0.25, -0.2) is 4.79 Å². The topological polar surface area (TPSA) is 88.0 Å². The molecular formula is C13H15NO5S. The van der Waals surface area contributed by atoms with E-state index in [0.29, 0.717) is 0 Å². The van der Waals surface area contributed by atoms with Gasteiger partial charge in [0.15, 0.2) is 6.10 Å². The summed E-state index contributed by atoms with van der Waals surface area (Å²) in [6.07, 6.45) is -3.06. The number of rotatable bonds is 3.